The smallest absolute Gasteiger partial charge is 0.0621 e. The van der Waals surface area contributed by atoms with Gasteiger partial charge in [-0.15, -0.1) is 0 Å². The first-order chi connectivity index (χ1) is 7.90. The average Bonchev–Trinajstić information content (AvgIpc) is 3.02. The molecule has 0 amide bonds. The molecule has 1 N–H and O–H groups in total. The van der Waals surface area contributed by atoms with E-state index in [4.69, 9.17) is 5.26 Å². The molecular formula is C13H19N3. The van der Waals surface area contributed by atoms with Gasteiger partial charge in [-0.2, -0.15) is 5.26 Å². The molecule has 2 rings (SSSR count). The lowest BCUT2D eigenvalue weighted by Gasteiger charge is -2.09. The van der Waals surface area contributed by atoms with Crippen LogP contribution in [0.4, 0.5) is 0 Å². The molecule has 0 aromatic carbocycles. The normalized spacial score (nSPS) is 14.9. The number of rotatable bonds is 7. The van der Waals surface area contributed by atoms with Gasteiger partial charge in [0.15, 0.2) is 0 Å². The van der Waals surface area contributed by atoms with Gasteiger partial charge >= 0.3 is 0 Å². The van der Waals surface area contributed by atoms with Crippen molar-refractivity contribution in [3.63, 3.8) is 0 Å². The summed E-state index contributed by atoms with van der Waals surface area (Å²) in [4.78, 5) is 0. The molecule has 1 heterocycles. The van der Waals surface area contributed by atoms with Crippen molar-refractivity contribution >= 4 is 0 Å². The Balaban J connectivity index is 1.74. The molecule has 1 saturated carbocycles. The number of nitriles is 1. The summed E-state index contributed by atoms with van der Waals surface area (Å²) in [6, 6.07) is 7.24. The average molecular weight is 217 g/mol. The first-order valence-electron chi connectivity index (χ1n) is 6.14. The van der Waals surface area contributed by atoms with Gasteiger partial charge in [0.1, 0.15) is 0 Å². The third-order valence-corrected chi connectivity index (χ3v) is 3.01. The van der Waals surface area contributed by atoms with Crippen molar-refractivity contribution in [2.75, 3.05) is 0 Å². The van der Waals surface area contributed by atoms with Crippen LogP contribution in [-0.4, -0.2) is 10.6 Å². The number of aryl methyl sites for hydroxylation is 1. The van der Waals surface area contributed by atoms with Crippen LogP contribution in [0.15, 0.2) is 18.3 Å². The highest BCUT2D eigenvalue weighted by Crippen LogP contribution is 2.19. The zero-order valence-electron chi connectivity index (χ0n) is 9.65. The highest BCUT2D eigenvalue weighted by molar-refractivity contribution is 5.07. The Labute approximate surface area is 97.1 Å². The van der Waals surface area contributed by atoms with Crippen LogP contribution in [0.5, 0.6) is 0 Å². The van der Waals surface area contributed by atoms with Crippen LogP contribution >= 0.6 is 0 Å². The minimum Gasteiger partial charge on any atom is -0.350 e. The Morgan fingerprint density at radius 2 is 2.31 bits per heavy atom. The molecule has 86 valence electrons. The van der Waals surface area contributed by atoms with Crippen molar-refractivity contribution < 1.29 is 0 Å². The Bertz CT molecular complexity index is 357. The number of nitrogens with zero attached hydrogens (tertiary/aromatic N) is 2. The van der Waals surface area contributed by atoms with E-state index in [0.717, 1.165) is 32.0 Å². The molecule has 0 saturated heterocycles. The third kappa shape index (κ3) is 3.39. The van der Waals surface area contributed by atoms with Crippen molar-refractivity contribution in [1.29, 1.82) is 5.26 Å². The first kappa shape index (κ1) is 11.2. The first-order valence-corrected chi connectivity index (χ1v) is 6.14. The van der Waals surface area contributed by atoms with Gasteiger partial charge in [0.05, 0.1) is 6.07 Å². The lowest BCUT2D eigenvalue weighted by molar-refractivity contribution is 0.572. The quantitative estimate of drug-likeness (QED) is 0.713. The summed E-state index contributed by atoms with van der Waals surface area (Å²) in [6.07, 6.45) is 7.59. The molecule has 0 radical (unpaired) electrons. The molecule has 1 aromatic rings. The van der Waals surface area contributed by atoms with Crippen LogP contribution in [-0.2, 0) is 13.1 Å². The molecule has 1 aliphatic rings. The van der Waals surface area contributed by atoms with E-state index < -0.39 is 0 Å². The number of aromatic nitrogens is 1. The van der Waals surface area contributed by atoms with Crippen molar-refractivity contribution in [3.05, 3.63) is 24.0 Å². The van der Waals surface area contributed by atoms with Crippen molar-refractivity contribution in [1.82, 2.24) is 9.88 Å². The molecule has 16 heavy (non-hydrogen) atoms. The van der Waals surface area contributed by atoms with E-state index in [0.29, 0.717) is 6.42 Å². The maximum Gasteiger partial charge on any atom is 0.0621 e. The molecule has 1 fully saturated rings. The number of hydrogen-bond acceptors (Lipinski definition) is 2. The van der Waals surface area contributed by atoms with Gasteiger partial charge < -0.3 is 9.88 Å². The maximum atomic E-state index is 8.46. The summed E-state index contributed by atoms with van der Waals surface area (Å²) >= 11 is 0. The fourth-order valence-electron chi connectivity index (χ4n) is 1.85. The SMILES string of the molecule is N#CCCCCn1cccc1CNC1CC1. The minimum atomic E-state index is 0.678. The summed E-state index contributed by atoms with van der Waals surface area (Å²) in [5.41, 5.74) is 1.36. The van der Waals surface area contributed by atoms with Crippen LogP contribution in [0.25, 0.3) is 0 Å². The highest BCUT2D eigenvalue weighted by Gasteiger charge is 2.20. The van der Waals surface area contributed by atoms with E-state index in [-0.39, 0.29) is 0 Å². The maximum absolute atomic E-state index is 8.46. The van der Waals surface area contributed by atoms with E-state index in [1.807, 2.05) is 0 Å². The molecule has 0 unspecified atom stereocenters. The Morgan fingerprint density at radius 1 is 1.44 bits per heavy atom. The Hall–Kier alpha value is -1.27. The van der Waals surface area contributed by atoms with Crippen molar-refractivity contribution in [2.24, 2.45) is 0 Å². The second kappa shape index (κ2) is 5.72. The van der Waals surface area contributed by atoms with Crippen LogP contribution in [0.1, 0.15) is 37.8 Å². The Morgan fingerprint density at radius 3 is 3.06 bits per heavy atom. The van der Waals surface area contributed by atoms with E-state index in [1.165, 1.54) is 18.5 Å². The van der Waals surface area contributed by atoms with Crippen LogP contribution in [0, 0.1) is 11.3 Å². The second-order valence-electron chi connectivity index (χ2n) is 4.46. The van der Waals surface area contributed by atoms with Crippen LogP contribution < -0.4 is 5.32 Å². The third-order valence-electron chi connectivity index (χ3n) is 3.01. The summed E-state index contributed by atoms with van der Waals surface area (Å²) < 4.78 is 2.30. The van der Waals surface area contributed by atoms with Crippen molar-refractivity contribution in [3.8, 4) is 6.07 Å². The molecule has 0 spiro atoms. The van der Waals surface area contributed by atoms with Crippen LogP contribution in [0.3, 0.4) is 0 Å². The molecule has 1 aromatic heterocycles. The summed E-state index contributed by atoms with van der Waals surface area (Å²) in [5, 5.41) is 12.0. The lowest BCUT2D eigenvalue weighted by atomic mass is 10.2. The van der Waals surface area contributed by atoms with Gasteiger partial charge in [0, 0.05) is 37.4 Å². The molecular weight excluding hydrogens is 198 g/mol. The Kier molecular flexibility index (Phi) is 4.01. The summed E-state index contributed by atoms with van der Waals surface area (Å²) in [7, 11) is 0. The molecule has 3 nitrogen and oxygen atoms in total. The van der Waals surface area contributed by atoms with Gasteiger partial charge in [0.25, 0.3) is 0 Å². The predicted octanol–water partition coefficient (Wildman–Crippen LogP) is 2.43. The minimum absolute atomic E-state index is 0.678. The monoisotopic (exact) mass is 217 g/mol. The molecule has 0 atom stereocenters. The topological polar surface area (TPSA) is 40.8 Å². The number of nitrogens with one attached hydrogen (secondary N) is 1. The van der Waals surface area contributed by atoms with E-state index in [1.54, 1.807) is 0 Å². The van der Waals surface area contributed by atoms with Gasteiger partial charge in [-0.25, -0.2) is 0 Å². The second-order valence-corrected chi connectivity index (χ2v) is 4.46. The van der Waals surface area contributed by atoms with Gasteiger partial charge in [-0.1, -0.05) is 0 Å². The standard InChI is InChI=1S/C13H19N3/c14-8-2-1-3-9-16-10-4-5-13(16)11-15-12-6-7-12/h4-5,10,12,15H,1-3,6-7,9,11H2. The number of unbranched alkanes of at least 4 members (excludes halogenated alkanes) is 2. The lowest BCUT2D eigenvalue weighted by Crippen LogP contribution is -2.18. The van der Waals surface area contributed by atoms with Gasteiger partial charge in [0.2, 0.25) is 0 Å². The van der Waals surface area contributed by atoms with Gasteiger partial charge in [-0.3, -0.25) is 0 Å². The molecule has 1 aliphatic carbocycles. The predicted molar refractivity (Wildman–Crippen MR) is 63.8 cm³/mol. The van der Waals surface area contributed by atoms with Crippen molar-refractivity contribution in [2.45, 2.75) is 51.2 Å². The highest BCUT2D eigenvalue weighted by atomic mass is 15.0. The zero-order valence-corrected chi connectivity index (χ0v) is 9.65. The zero-order chi connectivity index (χ0) is 11.2. The molecule has 3 heteroatoms. The molecule has 0 bridgehead atoms. The van der Waals surface area contributed by atoms with E-state index in [9.17, 15) is 0 Å². The summed E-state index contributed by atoms with van der Waals surface area (Å²) in [6.45, 7) is 2.02. The fraction of sp³-hybridized carbons (Fsp3) is 0.615. The number of hydrogen-bond donors (Lipinski definition) is 1. The van der Waals surface area contributed by atoms with E-state index >= 15 is 0 Å². The fourth-order valence-corrected chi connectivity index (χ4v) is 1.85. The van der Waals surface area contributed by atoms with Crippen LogP contribution in [0.2, 0.25) is 0 Å². The van der Waals surface area contributed by atoms with Gasteiger partial charge in [-0.05, 0) is 37.8 Å². The van der Waals surface area contributed by atoms with E-state index in [2.05, 4.69) is 34.3 Å². The largest absolute Gasteiger partial charge is 0.350 e. The summed E-state index contributed by atoms with van der Waals surface area (Å²) in [5.74, 6) is 0. The molecule has 0 aliphatic heterocycles.